The number of ether oxygens (including phenoxy) is 2. The van der Waals surface area contributed by atoms with Crippen LogP contribution in [-0.2, 0) is 0 Å². The van der Waals surface area contributed by atoms with Gasteiger partial charge in [0, 0.05) is 16.7 Å². The maximum absolute atomic E-state index is 6.41. The first-order valence-corrected chi connectivity index (χ1v) is 8.32. The smallest absolute Gasteiger partial charge is 0.248 e. The molecule has 0 spiro atoms. The highest BCUT2D eigenvalue weighted by atomic mass is 35.5. The summed E-state index contributed by atoms with van der Waals surface area (Å²) in [6, 6.07) is 13.0. The van der Waals surface area contributed by atoms with Crippen LogP contribution in [-0.4, -0.2) is 34.4 Å². The second kappa shape index (κ2) is 6.68. The zero-order chi connectivity index (χ0) is 18.1. The van der Waals surface area contributed by atoms with E-state index in [1.165, 1.54) is 0 Å². The van der Waals surface area contributed by atoms with Crippen molar-refractivity contribution in [3.63, 3.8) is 0 Å². The fraction of sp³-hybridized carbons (Fsp3) is 0.167. The van der Waals surface area contributed by atoms with E-state index in [-0.39, 0.29) is 6.04 Å². The van der Waals surface area contributed by atoms with Crippen molar-refractivity contribution in [2.45, 2.75) is 6.04 Å². The van der Waals surface area contributed by atoms with E-state index in [0.29, 0.717) is 16.7 Å². The highest BCUT2D eigenvalue weighted by Gasteiger charge is 2.26. The Kier molecular flexibility index (Phi) is 4.22. The largest absolute Gasteiger partial charge is 0.497 e. The molecular formula is C18H16ClN5O2. The molecule has 1 unspecified atom stereocenters. The normalized spacial score (nSPS) is 15.7. The van der Waals surface area contributed by atoms with Crippen molar-refractivity contribution in [3.8, 4) is 11.5 Å². The summed E-state index contributed by atoms with van der Waals surface area (Å²) in [6.07, 6.45) is 2.02. The summed E-state index contributed by atoms with van der Waals surface area (Å²) >= 11 is 6.41. The lowest BCUT2D eigenvalue weighted by molar-refractivity contribution is 0.393. The molecule has 1 N–H and O–H groups in total. The second-order valence-electron chi connectivity index (χ2n) is 5.68. The lowest BCUT2D eigenvalue weighted by Crippen LogP contribution is -2.20. The Balaban J connectivity index is 1.84. The van der Waals surface area contributed by atoms with Crippen LogP contribution < -0.4 is 14.8 Å². The van der Waals surface area contributed by atoms with Gasteiger partial charge in [0.1, 0.15) is 17.5 Å². The van der Waals surface area contributed by atoms with Gasteiger partial charge in [0.15, 0.2) is 0 Å². The van der Waals surface area contributed by atoms with Gasteiger partial charge in [-0.2, -0.15) is 4.68 Å². The highest BCUT2D eigenvalue weighted by Crippen LogP contribution is 2.37. The standard InChI is InChI=1S/C18H16ClN5O2/c1-25-11-7-8-13(17(9-11)26-2)15-10-16(12-5-3-4-6-14(12)19)24-18(20-15)21-22-23-24/h3-10,16H,1-2H3,(H,20,21,23). The Hall–Kier alpha value is -3.06. The van der Waals surface area contributed by atoms with E-state index in [4.69, 9.17) is 21.1 Å². The third kappa shape index (κ3) is 2.76. The van der Waals surface area contributed by atoms with Gasteiger partial charge >= 0.3 is 0 Å². The number of halogens is 1. The van der Waals surface area contributed by atoms with Crippen molar-refractivity contribution in [1.82, 2.24) is 20.2 Å². The molecule has 2 aromatic carbocycles. The summed E-state index contributed by atoms with van der Waals surface area (Å²) < 4.78 is 12.5. The van der Waals surface area contributed by atoms with Crippen molar-refractivity contribution >= 4 is 23.2 Å². The van der Waals surface area contributed by atoms with Crippen LogP contribution in [0.3, 0.4) is 0 Å². The molecule has 7 nitrogen and oxygen atoms in total. The van der Waals surface area contributed by atoms with Crippen LogP contribution in [0.1, 0.15) is 17.2 Å². The number of hydrogen-bond donors (Lipinski definition) is 1. The van der Waals surface area contributed by atoms with Crippen LogP contribution in [0.25, 0.3) is 5.70 Å². The second-order valence-corrected chi connectivity index (χ2v) is 6.09. The quantitative estimate of drug-likeness (QED) is 0.759. The zero-order valence-electron chi connectivity index (χ0n) is 14.2. The summed E-state index contributed by atoms with van der Waals surface area (Å²) in [6.45, 7) is 0. The number of fused-ring (bicyclic) bond motifs is 1. The Morgan fingerprint density at radius 1 is 1.12 bits per heavy atom. The molecule has 26 heavy (non-hydrogen) atoms. The molecule has 4 rings (SSSR count). The van der Waals surface area contributed by atoms with Gasteiger partial charge in [0.2, 0.25) is 5.95 Å². The Labute approximate surface area is 155 Å². The van der Waals surface area contributed by atoms with Gasteiger partial charge in [0.05, 0.1) is 19.9 Å². The van der Waals surface area contributed by atoms with Crippen LogP contribution >= 0.6 is 11.6 Å². The van der Waals surface area contributed by atoms with Gasteiger partial charge in [-0.25, -0.2) is 0 Å². The molecule has 0 aliphatic carbocycles. The van der Waals surface area contributed by atoms with E-state index in [1.807, 2.05) is 48.5 Å². The third-order valence-corrected chi connectivity index (χ3v) is 4.59. The maximum Gasteiger partial charge on any atom is 0.248 e. The number of methoxy groups -OCH3 is 2. The van der Waals surface area contributed by atoms with Gasteiger partial charge in [-0.15, -0.1) is 0 Å². The van der Waals surface area contributed by atoms with Gasteiger partial charge in [-0.1, -0.05) is 34.9 Å². The van der Waals surface area contributed by atoms with Crippen molar-refractivity contribution < 1.29 is 9.47 Å². The fourth-order valence-electron chi connectivity index (χ4n) is 2.97. The number of nitrogens with one attached hydrogen (secondary N) is 1. The predicted molar refractivity (Wildman–Crippen MR) is 98.6 cm³/mol. The van der Waals surface area contributed by atoms with E-state index < -0.39 is 0 Å². The Bertz CT molecular complexity index is 985. The highest BCUT2D eigenvalue weighted by molar-refractivity contribution is 6.31. The van der Waals surface area contributed by atoms with E-state index in [0.717, 1.165) is 22.6 Å². The first-order chi connectivity index (χ1) is 12.7. The molecule has 0 saturated carbocycles. The Morgan fingerprint density at radius 3 is 2.73 bits per heavy atom. The molecule has 1 atom stereocenters. The number of benzene rings is 2. The van der Waals surface area contributed by atoms with Gasteiger partial charge in [0.25, 0.3) is 0 Å². The lowest BCUT2D eigenvalue weighted by atomic mass is 10.0. The predicted octanol–water partition coefficient (Wildman–Crippen LogP) is 3.40. The summed E-state index contributed by atoms with van der Waals surface area (Å²) in [5, 5.41) is 15.8. The lowest BCUT2D eigenvalue weighted by Gasteiger charge is -2.25. The summed E-state index contributed by atoms with van der Waals surface area (Å²) in [4.78, 5) is 0. The maximum atomic E-state index is 6.41. The number of tetrazole rings is 1. The van der Waals surface area contributed by atoms with Crippen molar-refractivity contribution in [1.29, 1.82) is 0 Å². The van der Waals surface area contributed by atoms with Crippen molar-refractivity contribution in [3.05, 3.63) is 64.7 Å². The number of rotatable bonds is 4. The van der Waals surface area contributed by atoms with Gasteiger partial charge < -0.3 is 14.8 Å². The Morgan fingerprint density at radius 2 is 1.96 bits per heavy atom. The van der Waals surface area contributed by atoms with Crippen LogP contribution in [0, 0.1) is 0 Å². The van der Waals surface area contributed by atoms with E-state index in [9.17, 15) is 0 Å². The zero-order valence-corrected chi connectivity index (χ0v) is 14.9. The molecule has 1 aliphatic rings. The topological polar surface area (TPSA) is 74.1 Å². The van der Waals surface area contributed by atoms with E-state index in [1.54, 1.807) is 18.9 Å². The van der Waals surface area contributed by atoms with Crippen molar-refractivity contribution in [2.75, 3.05) is 19.5 Å². The fourth-order valence-corrected chi connectivity index (χ4v) is 3.22. The number of allylic oxidation sites excluding steroid dienone is 1. The van der Waals surface area contributed by atoms with E-state index in [2.05, 4.69) is 20.8 Å². The monoisotopic (exact) mass is 369 g/mol. The molecule has 8 heteroatoms. The molecule has 2 heterocycles. The summed E-state index contributed by atoms with van der Waals surface area (Å²) in [5.74, 6) is 1.93. The van der Waals surface area contributed by atoms with Crippen LogP contribution in [0.5, 0.6) is 11.5 Å². The van der Waals surface area contributed by atoms with E-state index >= 15 is 0 Å². The first-order valence-electron chi connectivity index (χ1n) is 7.95. The molecule has 132 valence electrons. The minimum atomic E-state index is -0.239. The SMILES string of the molecule is COc1ccc(C2=CC(c3ccccc3Cl)n3nnnc3N2)c(OC)c1. The average Bonchev–Trinajstić information content (AvgIpc) is 3.16. The number of anilines is 1. The molecular weight excluding hydrogens is 354 g/mol. The summed E-state index contributed by atoms with van der Waals surface area (Å²) in [7, 11) is 3.24. The number of nitrogens with zero attached hydrogens (tertiary/aromatic N) is 4. The molecule has 3 aromatic rings. The minimum absolute atomic E-state index is 0.239. The molecule has 0 amide bonds. The average molecular weight is 370 g/mol. The van der Waals surface area contributed by atoms with Crippen LogP contribution in [0.4, 0.5) is 5.95 Å². The molecule has 0 saturated heterocycles. The number of aromatic nitrogens is 4. The molecule has 0 fully saturated rings. The molecule has 1 aliphatic heterocycles. The summed E-state index contributed by atoms with van der Waals surface area (Å²) in [5.41, 5.74) is 2.62. The first kappa shape index (κ1) is 16.4. The minimum Gasteiger partial charge on any atom is -0.497 e. The van der Waals surface area contributed by atoms with Gasteiger partial charge in [-0.3, -0.25) is 0 Å². The molecule has 0 bridgehead atoms. The van der Waals surface area contributed by atoms with Crippen molar-refractivity contribution in [2.24, 2.45) is 0 Å². The molecule has 0 radical (unpaired) electrons. The number of hydrogen-bond acceptors (Lipinski definition) is 6. The molecule has 1 aromatic heterocycles. The van der Waals surface area contributed by atoms with Crippen LogP contribution in [0.2, 0.25) is 5.02 Å². The third-order valence-electron chi connectivity index (χ3n) is 4.25. The van der Waals surface area contributed by atoms with Gasteiger partial charge in [-0.05, 0) is 40.3 Å². The van der Waals surface area contributed by atoms with Crippen LogP contribution in [0.15, 0.2) is 48.5 Å².